The number of rotatable bonds is 4. The maximum Gasteiger partial charge on any atom is 0.248 e. The van der Waals surface area contributed by atoms with Gasteiger partial charge in [-0.3, -0.25) is 9.59 Å². The summed E-state index contributed by atoms with van der Waals surface area (Å²) in [5.41, 5.74) is 6.53. The van der Waals surface area contributed by atoms with Gasteiger partial charge in [-0.05, 0) is 17.7 Å². The number of carbonyl (C=O) groups excluding carboxylic acids is 2. The van der Waals surface area contributed by atoms with Gasteiger partial charge >= 0.3 is 0 Å². The van der Waals surface area contributed by atoms with Crippen molar-refractivity contribution in [2.45, 2.75) is 43.0 Å². The van der Waals surface area contributed by atoms with Gasteiger partial charge in [0.1, 0.15) is 23.2 Å². The van der Waals surface area contributed by atoms with E-state index in [1.807, 2.05) is 0 Å². The van der Waals surface area contributed by atoms with Crippen LogP contribution in [0.4, 0.5) is 0 Å². The Morgan fingerprint density at radius 3 is 2.43 bits per heavy atom. The molecule has 2 rings (SSSR count). The quantitative estimate of drug-likeness (QED) is 0.718. The highest BCUT2D eigenvalue weighted by Gasteiger charge is 2.48. The van der Waals surface area contributed by atoms with Crippen LogP contribution in [0.5, 0.6) is 5.75 Å². The van der Waals surface area contributed by atoms with Gasteiger partial charge in [0.2, 0.25) is 11.8 Å². The Bertz CT molecular complexity index is 598. The molecule has 7 heteroatoms. The van der Waals surface area contributed by atoms with Gasteiger partial charge in [-0.15, -0.1) is 11.8 Å². The highest BCUT2D eigenvalue weighted by molar-refractivity contribution is 8.01. The molecule has 3 atom stereocenters. The Morgan fingerprint density at radius 2 is 1.91 bits per heavy atom. The van der Waals surface area contributed by atoms with Crippen molar-refractivity contribution in [2.24, 2.45) is 5.73 Å². The van der Waals surface area contributed by atoms with Crippen LogP contribution >= 0.6 is 11.8 Å². The van der Waals surface area contributed by atoms with Crippen LogP contribution in [0.15, 0.2) is 24.3 Å². The first-order valence-corrected chi connectivity index (χ1v) is 8.27. The molecule has 1 aliphatic rings. The number of nitrogens with zero attached hydrogens (tertiary/aromatic N) is 1. The second kappa shape index (κ2) is 6.41. The van der Waals surface area contributed by atoms with Crippen molar-refractivity contribution in [1.82, 2.24) is 10.2 Å². The van der Waals surface area contributed by atoms with Gasteiger partial charge in [0.25, 0.3) is 0 Å². The van der Waals surface area contributed by atoms with Crippen molar-refractivity contribution in [3.8, 4) is 5.75 Å². The molecule has 0 bridgehead atoms. The van der Waals surface area contributed by atoms with Crippen molar-refractivity contribution in [3.63, 3.8) is 0 Å². The zero-order valence-electron chi connectivity index (χ0n) is 13.7. The summed E-state index contributed by atoms with van der Waals surface area (Å²) in [7, 11) is 1.73. The predicted octanol–water partition coefficient (Wildman–Crippen LogP) is 1.21. The molecule has 23 heavy (non-hydrogen) atoms. The molecule has 2 amide bonds. The van der Waals surface area contributed by atoms with E-state index in [1.165, 1.54) is 12.1 Å². The number of likely N-dealkylation sites (tertiary alicyclic amines) is 1. The summed E-state index contributed by atoms with van der Waals surface area (Å²) < 4.78 is -0.0261. The van der Waals surface area contributed by atoms with E-state index in [0.29, 0.717) is 5.56 Å². The fourth-order valence-corrected chi connectivity index (χ4v) is 3.63. The van der Waals surface area contributed by atoms with Gasteiger partial charge in [-0.1, -0.05) is 32.9 Å². The van der Waals surface area contributed by atoms with Gasteiger partial charge < -0.3 is 21.1 Å². The van der Waals surface area contributed by atoms with E-state index in [0.717, 1.165) is 0 Å². The van der Waals surface area contributed by atoms with Crippen LogP contribution in [0.3, 0.4) is 0 Å². The number of phenols is 1. The molecule has 0 aromatic heterocycles. The molecule has 6 nitrogen and oxygen atoms in total. The number of likely N-dealkylation sites (N-methyl/N-ethyl adjacent to an activating group) is 1. The molecule has 126 valence electrons. The third-order valence-electron chi connectivity index (χ3n) is 3.59. The minimum Gasteiger partial charge on any atom is -0.508 e. The molecule has 0 aliphatic carbocycles. The van der Waals surface area contributed by atoms with Crippen LogP contribution in [0, 0.1) is 0 Å². The van der Waals surface area contributed by atoms with E-state index >= 15 is 0 Å². The topological polar surface area (TPSA) is 95.7 Å². The number of aromatic hydroxyl groups is 1. The molecule has 0 saturated carbocycles. The van der Waals surface area contributed by atoms with Crippen LogP contribution in [-0.4, -0.2) is 45.0 Å². The Balaban J connectivity index is 2.03. The monoisotopic (exact) mass is 337 g/mol. The van der Waals surface area contributed by atoms with Crippen LogP contribution in [-0.2, 0) is 9.59 Å². The van der Waals surface area contributed by atoms with E-state index in [9.17, 15) is 14.7 Å². The van der Waals surface area contributed by atoms with Crippen molar-refractivity contribution in [1.29, 1.82) is 0 Å². The Morgan fingerprint density at radius 1 is 1.35 bits per heavy atom. The first-order valence-electron chi connectivity index (χ1n) is 7.39. The summed E-state index contributed by atoms with van der Waals surface area (Å²) in [5.74, 6) is -0.404. The number of phenolic OH excluding ortho intramolecular Hbond substituents is 1. The van der Waals surface area contributed by atoms with E-state index in [4.69, 9.17) is 5.73 Å². The van der Waals surface area contributed by atoms with E-state index in [2.05, 4.69) is 26.1 Å². The zero-order chi connectivity index (χ0) is 17.4. The SMILES string of the molecule is CN1C(=O)[C@@H](NC(=O)[C@H](N)c2ccc(O)cc2)C1SC(C)(C)C. The summed E-state index contributed by atoms with van der Waals surface area (Å²) in [5, 5.41) is 11.9. The lowest BCUT2D eigenvalue weighted by molar-refractivity contribution is -0.146. The molecule has 1 heterocycles. The summed E-state index contributed by atoms with van der Waals surface area (Å²) in [4.78, 5) is 26.0. The molecular weight excluding hydrogens is 314 g/mol. The molecule has 1 saturated heterocycles. The maximum absolute atomic E-state index is 12.3. The third-order valence-corrected chi connectivity index (χ3v) is 5.12. The fourth-order valence-electron chi connectivity index (χ4n) is 2.33. The average Bonchev–Trinajstić information content (AvgIpc) is 2.49. The number of hydrogen-bond acceptors (Lipinski definition) is 5. The number of nitrogens with two attached hydrogens (primary N) is 1. The summed E-state index contributed by atoms with van der Waals surface area (Å²) >= 11 is 1.63. The van der Waals surface area contributed by atoms with Crippen LogP contribution in [0.25, 0.3) is 0 Å². The number of nitrogens with one attached hydrogen (secondary N) is 1. The van der Waals surface area contributed by atoms with Crippen molar-refractivity contribution in [2.75, 3.05) is 7.05 Å². The maximum atomic E-state index is 12.3. The normalized spacial score (nSPS) is 22.5. The van der Waals surface area contributed by atoms with E-state index in [1.54, 1.807) is 35.8 Å². The minimum atomic E-state index is -0.880. The molecule has 0 radical (unpaired) electrons. The molecular formula is C16H23N3O3S. The number of benzene rings is 1. The van der Waals surface area contributed by atoms with Crippen LogP contribution < -0.4 is 11.1 Å². The number of amides is 2. The van der Waals surface area contributed by atoms with Crippen molar-refractivity contribution < 1.29 is 14.7 Å². The second-order valence-electron chi connectivity index (χ2n) is 6.63. The Labute approximate surface area is 140 Å². The molecule has 1 fully saturated rings. The van der Waals surface area contributed by atoms with Gasteiger partial charge in [0.15, 0.2) is 0 Å². The number of carbonyl (C=O) groups is 2. The van der Waals surface area contributed by atoms with Gasteiger partial charge in [0.05, 0.1) is 0 Å². The van der Waals surface area contributed by atoms with Crippen molar-refractivity contribution >= 4 is 23.6 Å². The molecule has 0 spiro atoms. The summed E-state index contributed by atoms with van der Waals surface area (Å²) in [6.07, 6.45) is 0. The predicted molar refractivity (Wildman–Crippen MR) is 90.9 cm³/mol. The second-order valence-corrected chi connectivity index (χ2v) is 8.57. The minimum absolute atomic E-state index is 0.0261. The Hall–Kier alpha value is -1.73. The number of β-lactam (4-membered cyclic amide) rings is 1. The van der Waals surface area contributed by atoms with Gasteiger partial charge in [-0.2, -0.15) is 0 Å². The van der Waals surface area contributed by atoms with E-state index < -0.39 is 18.0 Å². The van der Waals surface area contributed by atoms with E-state index in [-0.39, 0.29) is 21.8 Å². The first kappa shape index (κ1) is 17.6. The number of hydrogen-bond donors (Lipinski definition) is 3. The van der Waals surface area contributed by atoms with Crippen LogP contribution in [0.2, 0.25) is 0 Å². The molecule has 1 aromatic rings. The highest BCUT2D eigenvalue weighted by Crippen LogP contribution is 2.37. The molecule has 1 aliphatic heterocycles. The van der Waals surface area contributed by atoms with Crippen LogP contribution in [0.1, 0.15) is 32.4 Å². The summed E-state index contributed by atoms with van der Waals surface area (Å²) in [6.45, 7) is 6.19. The van der Waals surface area contributed by atoms with Gasteiger partial charge in [-0.25, -0.2) is 0 Å². The smallest absolute Gasteiger partial charge is 0.248 e. The third kappa shape index (κ3) is 3.97. The lowest BCUT2D eigenvalue weighted by atomic mass is 10.0. The highest BCUT2D eigenvalue weighted by atomic mass is 32.2. The number of thioether (sulfide) groups is 1. The molecule has 1 unspecified atom stereocenters. The lowest BCUT2D eigenvalue weighted by Crippen LogP contribution is -2.69. The molecule has 4 N–H and O–H groups in total. The van der Waals surface area contributed by atoms with Crippen molar-refractivity contribution in [3.05, 3.63) is 29.8 Å². The largest absolute Gasteiger partial charge is 0.508 e. The lowest BCUT2D eigenvalue weighted by Gasteiger charge is -2.47. The van der Waals surface area contributed by atoms with Gasteiger partial charge in [0, 0.05) is 11.8 Å². The Kier molecular flexibility index (Phi) is 4.91. The zero-order valence-corrected chi connectivity index (χ0v) is 14.6. The summed E-state index contributed by atoms with van der Waals surface area (Å²) in [6, 6.07) is 4.70. The first-order chi connectivity index (χ1) is 10.6. The standard InChI is InChI=1S/C16H23N3O3S/c1-16(2,3)23-15-12(14(22)19(15)4)18-13(21)11(17)9-5-7-10(20)8-6-9/h5-8,11-12,15,20H,17H2,1-4H3,(H,18,21)/t11-,12-,15?/m1/s1. The fraction of sp³-hybridized carbons (Fsp3) is 0.500. The average molecular weight is 337 g/mol. The molecule has 1 aromatic carbocycles.